The van der Waals surface area contributed by atoms with Gasteiger partial charge in [-0.3, -0.25) is 9.59 Å². The summed E-state index contributed by atoms with van der Waals surface area (Å²) in [4.78, 5) is 21.8. The molecule has 0 aliphatic heterocycles. The third-order valence-corrected chi connectivity index (χ3v) is 2.37. The highest BCUT2D eigenvalue weighted by molar-refractivity contribution is 9.10. The third kappa shape index (κ3) is 2.01. The van der Waals surface area contributed by atoms with Gasteiger partial charge in [-0.2, -0.15) is 0 Å². The number of carbonyl (C=O) groups is 2. The zero-order valence-corrected chi connectivity index (χ0v) is 9.42. The van der Waals surface area contributed by atoms with Crippen LogP contribution in [0.2, 0.25) is 0 Å². The molecule has 0 aliphatic rings. The van der Waals surface area contributed by atoms with E-state index in [9.17, 15) is 9.59 Å². The van der Waals surface area contributed by atoms with E-state index in [4.69, 9.17) is 4.74 Å². The Kier molecular flexibility index (Phi) is 3.41. The van der Waals surface area contributed by atoms with E-state index < -0.39 is 0 Å². The number of hydrogen-bond acceptors (Lipinski definition) is 3. The Labute approximate surface area is 90.2 Å². The smallest absolute Gasteiger partial charge is 0.163 e. The van der Waals surface area contributed by atoms with E-state index in [0.29, 0.717) is 27.6 Å². The van der Waals surface area contributed by atoms with Crippen LogP contribution < -0.4 is 4.74 Å². The molecule has 0 saturated carbocycles. The maximum absolute atomic E-state index is 11.2. The molecular weight excluding hydrogens is 248 g/mol. The minimum atomic E-state index is -0.133. The normalized spacial score (nSPS) is 9.64. The van der Waals surface area contributed by atoms with Crippen LogP contribution in [0.3, 0.4) is 0 Å². The first-order valence-electron chi connectivity index (χ1n) is 3.93. The minimum absolute atomic E-state index is 0.133. The first-order valence-corrected chi connectivity index (χ1v) is 4.73. The van der Waals surface area contributed by atoms with E-state index in [1.807, 2.05) is 0 Å². The molecule has 0 saturated heterocycles. The summed E-state index contributed by atoms with van der Waals surface area (Å²) in [6.45, 7) is 1.43. The Hall–Kier alpha value is -1.16. The lowest BCUT2D eigenvalue weighted by Crippen LogP contribution is -2.00. The van der Waals surface area contributed by atoms with E-state index in [2.05, 4.69) is 15.9 Å². The highest BCUT2D eigenvalue weighted by Crippen LogP contribution is 2.30. The second kappa shape index (κ2) is 4.37. The summed E-state index contributed by atoms with van der Waals surface area (Å²) in [6.07, 6.45) is 0.691. The first kappa shape index (κ1) is 10.9. The summed E-state index contributed by atoms with van der Waals surface area (Å²) in [7, 11) is 1.48. The number of hydrogen-bond donors (Lipinski definition) is 0. The quantitative estimate of drug-likeness (QED) is 0.617. The van der Waals surface area contributed by atoms with E-state index in [1.54, 1.807) is 6.07 Å². The SMILES string of the molecule is COc1c(Br)cc(C=O)cc1C(C)=O. The molecule has 0 spiro atoms. The van der Waals surface area contributed by atoms with Crippen molar-refractivity contribution in [3.05, 3.63) is 27.7 Å². The van der Waals surface area contributed by atoms with Gasteiger partial charge in [-0.25, -0.2) is 0 Å². The van der Waals surface area contributed by atoms with E-state index >= 15 is 0 Å². The molecule has 0 atom stereocenters. The van der Waals surface area contributed by atoms with Gasteiger partial charge < -0.3 is 4.74 Å². The zero-order chi connectivity index (χ0) is 10.7. The van der Waals surface area contributed by atoms with Crippen LogP contribution in [0.4, 0.5) is 0 Å². The van der Waals surface area contributed by atoms with Crippen molar-refractivity contribution >= 4 is 28.0 Å². The van der Waals surface area contributed by atoms with Gasteiger partial charge >= 0.3 is 0 Å². The van der Waals surface area contributed by atoms with Gasteiger partial charge in [0.15, 0.2) is 5.78 Å². The minimum Gasteiger partial charge on any atom is -0.495 e. The number of benzene rings is 1. The van der Waals surface area contributed by atoms with Crippen molar-refractivity contribution in [1.82, 2.24) is 0 Å². The summed E-state index contributed by atoms with van der Waals surface area (Å²) in [5.41, 5.74) is 0.854. The Morgan fingerprint density at radius 3 is 2.57 bits per heavy atom. The van der Waals surface area contributed by atoms with Gasteiger partial charge in [0.1, 0.15) is 12.0 Å². The number of ether oxygens (including phenoxy) is 1. The molecule has 1 aromatic rings. The fourth-order valence-electron chi connectivity index (χ4n) is 1.15. The molecule has 0 unspecified atom stereocenters. The summed E-state index contributed by atoms with van der Waals surface area (Å²) in [5.74, 6) is 0.328. The van der Waals surface area contributed by atoms with Gasteiger partial charge in [-0.1, -0.05) is 0 Å². The van der Waals surface area contributed by atoms with Crippen molar-refractivity contribution in [3.63, 3.8) is 0 Å². The lowest BCUT2D eigenvalue weighted by molar-refractivity contribution is 0.101. The Bertz CT molecular complexity index is 385. The molecule has 74 valence electrons. The van der Waals surface area contributed by atoms with Gasteiger partial charge in [0.2, 0.25) is 0 Å². The fourth-order valence-corrected chi connectivity index (χ4v) is 1.79. The molecule has 0 N–H and O–H groups in total. The van der Waals surface area contributed by atoms with Gasteiger partial charge in [-0.15, -0.1) is 0 Å². The van der Waals surface area contributed by atoms with E-state index in [1.165, 1.54) is 20.1 Å². The molecule has 1 aromatic carbocycles. The molecule has 4 heteroatoms. The van der Waals surface area contributed by atoms with Crippen LogP contribution >= 0.6 is 15.9 Å². The van der Waals surface area contributed by atoms with Gasteiger partial charge in [0.05, 0.1) is 17.1 Å². The number of rotatable bonds is 3. The maximum Gasteiger partial charge on any atom is 0.163 e. The lowest BCUT2D eigenvalue weighted by Gasteiger charge is -2.08. The van der Waals surface area contributed by atoms with Crippen LogP contribution in [0.1, 0.15) is 27.6 Å². The average Bonchev–Trinajstić information content (AvgIpc) is 2.16. The van der Waals surface area contributed by atoms with Crippen molar-refractivity contribution in [2.24, 2.45) is 0 Å². The van der Waals surface area contributed by atoms with Gasteiger partial charge in [0.25, 0.3) is 0 Å². The van der Waals surface area contributed by atoms with Crippen LogP contribution in [-0.4, -0.2) is 19.2 Å². The number of aldehydes is 1. The molecule has 0 amide bonds. The summed E-state index contributed by atoms with van der Waals surface area (Å²) in [6, 6.07) is 3.12. The van der Waals surface area contributed by atoms with Crippen molar-refractivity contribution in [1.29, 1.82) is 0 Å². The molecule has 0 aliphatic carbocycles. The van der Waals surface area contributed by atoms with Crippen LogP contribution in [-0.2, 0) is 0 Å². The number of Topliss-reactive ketones (excluding diaryl/α,β-unsaturated/α-hetero) is 1. The topological polar surface area (TPSA) is 43.4 Å². The lowest BCUT2D eigenvalue weighted by atomic mass is 10.1. The van der Waals surface area contributed by atoms with Crippen LogP contribution in [0, 0.1) is 0 Å². The standard InChI is InChI=1S/C10H9BrO3/c1-6(13)8-3-7(5-12)4-9(11)10(8)14-2/h3-5H,1-2H3. The maximum atomic E-state index is 11.2. The van der Waals surface area contributed by atoms with Gasteiger partial charge in [0, 0.05) is 5.56 Å². The van der Waals surface area contributed by atoms with Crippen molar-refractivity contribution in [2.45, 2.75) is 6.92 Å². The monoisotopic (exact) mass is 256 g/mol. The molecule has 3 nitrogen and oxygen atoms in total. The molecule has 0 radical (unpaired) electrons. The van der Waals surface area contributed by atoms with Crippen LogP contribution in [0.15, 0.2) is 16.6 Å². The molecule has 0 heterocycles. The Morgan fingerprint density at radius 2 is 2.14 bits per heavy atom. The molecular formula is C10H9BrO3. The zero-order valence-electron chi connectivity index (χ0n) is 7.83. The third-order valence-electron chi connectivity index (χ3n) is 1.79. The number of ketones is 1. The van der Waals surface area contributed by atoms with E-state index in [0.717, 1.165) is 0 Å². The highest BCUT2D eigenvalue weighted by atomic mass is 79.9. The number of halogens is 1. The molecule has 0 fully saturated rings. The summed E-state index contributed by atoms with van der Waals surface area (Å²) in [5, 5.41) is 0. The number of carbonyl (C=O) groups excluding carboxylic acids is 2. The molecule has 0 aromatic heterocycles. The van der Waals surface area contributed by atoms with Crippen molar-refractivity contribution in [2.75, 3.05) is 7.11 Å². The second-order valence-corrected chi connectivity index (χ2v) is 3.61. The molecule has 1 rings (SSSR count). The first-order chi connectivity index (χ1) is 6.60. The Morgan fingerprint density at radius 1 is 1.50 bits per heavy atom. The summed E-state index contributed by atoms with van der Waals surface area (Å²) >= 11 is 3.23. The highest BCUT2D eigenvalue weighted by Gasteiger charge is 2.12. The second-order valence-electron chi connectivity index (χ2n) is 2.76. The van der Waals surface area contributed by atoms with Crippen LogP contribution in [0.25, 0.3) is 0 Å². The fraction of sp³-hybridized carbons (Fsp3) is 0.200. The van der Waals surface area contributed by atoms with E-state index in [-0.39, 0.29) is 5.78 Å². The van der Waals surface area contributed by atoms with Crippen molar-refractivity contribution < 1.29 is 14.3 Å². The number of methoxy groups -OCH3 is 1. The van der Waals surface area contributed by atoms with Crippen LogP contribution in [0.5, 0.6) is 5.75 Å². The largest absolute Gasteiger partial charge is 0.495 e. The predicted octanol–water partition coefficient (Wildman–Crippen LogP) is 2.47. The van der Waals surface area contributed by atoms with Crippen molar-refractivity contribution in [3.8, 4) is 5.75 Å². The van der Waals surface area contributed by atoms with Gasteiger partial charge in [-0.05, 0) is 35.0 Å². The molecule has 14 heavy (non-hydrogen) atoms. The Balaban J connectivity index is 3.42. The molecule has 0 bridgehead atoms. The predicted molar refractivity (Wildman–Crippen MR) is 56.1 cm³/mol. The summed E-state index contributed by atoms with van der Waals surface area (Å²) < 4.78 is 5.66. The average molecular weight is 257 g/mol.